The molecule has 1 N–H and O–H groups in total. The van der Waals surface area contributed by atoms with Gasteiger partial charge in [0.25, 0.3) is 5.91 Å². The number of hydrogen-bond donors (Lipinski definition) is 1. The number of rotatable bonds is 6. The number of likely N-dealkylation sites (tertiary alicyclic amines) is 1. The molecule has 27 heavy (non-hydrogen) atoms. The highest BCUT2D eigenvalue weighted by molar-refractivity contribution is 5.93. The van der Waals surface area contributed by atoms with E-state index >= 15 is 0 Å². The van der Waals surface area contributed by atoms with Crippen molar-refractivity contribution in [1.29, 1.82) is 0 Å². The lowest BCUT2D eigenvalue weighted by Gasteiger charge is -2.38. The lowest BCUT2D eigenvalue weighted by Crippen LogP contribution is -2.49. The maximum Gasteiger partial charge on any atom is 0.254 e. The van der Waals surface area contributed by atoms with Gasteiger partial charge in [0, 0.05) is 30.5 Å². The first kappa shape index (κ1) is 19.5. The zero-order valence-electron chi connectivity index (χ0n) is 16.6. The zero-order chi connectivity index (χ0) is 19.2. The van der Waals surface area contributed by atoms with E-state index in [0.29, 0.717) is 29.9 Å². The summed E-state index contributed by atoms with van der Waals surface area (Å²) in [5.74, 6) is 1.83. The Labute approximate surface area is 162 Å². The molecule has 5 nitrogen and oxygen atoms in total. The molecule has 0 bridgehead atoms. The van der Waals surface area contributed by atoms with Crippen molar-refractivity contribution in [3.05, 3.63) is 48.3 Å². The number of piperidine rings is 1. The number of carbonyl (C=O) groups is 1. The van der Waals surface area contributed by atoms with Crippen LogP contribution < -0.4 is 5.32 Å². The normalized spacial score (nSPS) is 17.0. The van der Waals surface area contributed by atoms with Crippen LogP contribution in [0.2, 0.25) is 0 Å². The third-order valence-corrected chi connectivity index (χ3v) is 5.47. The monoisotopic (exact) mass is 366 g/mol. The maximum absolute atomic E-state index is 12.5. The average Bonchev–Trinajstić information content (AvgIpc) is 2.70. The van der Waals surface area contributed by atoms with Gasteiger partial charge in [0.1, 0.15) is 0 Å². The van der Waals surface area contributed by atoms with Crippen LogP contribution in [0.1, 0.15) is 44.0 Å². The van der Waals surface area contributed by atoms with Gasteiger partial charge in [-0.25, -0.2) is 9.97 Å². The van der Waals surface area contributed by atoms with Crippen molar-refractivity contribution >= 4 is 5.91 Å². The van der Waals surface area contributed by atoms with Crippen molar-refractivity contribution < 1.29 is 4.79 Å². The average molecular weight is 367 g/mol. The summed E-state index contributed by atoms with van der Waals surface area (Å²) in [6.45, 7) is 9.68. The van der Waals surface area contributed by atoms with E-state index in [-0.39, 0.29) is 5.91 Å². The summed E-state index contributed by atoms with van der Waals surface area (Å²) in [5.41, 5.74) is 1.45. The Balaban J connectivity index is 1.59. The fraction of sp³-hybridized carbons (Fsp3) is 0.500. The van der Waals surface area contributed by atoms with Crippen molar-refractivity contribution in [2.45, 2.75) is 39.7 Å². The number of amides is 1. The van der Waals surface area contributed by atoms with Crippen LogP contribution in [0.25, 0.3) is 11.4 Å². The molecule has 1 unspecified atom stereocenters. The zero-order valence-corrected chi connectivity index (χ0v) is 16.6. The Morgan fingerprint density at radius 1 is 1.15 bits per heavy atom. The predicted molar refractivity (Wildman–Crippen MR) is 108 cm³/mol. The number of hydrogen-bond acceptors (Lipinski definition) is 4. The number of nitrogens with zero attached hydrogens (tertiary/aromatic N) is 3. The highest BCUT2D eigenvalue weighted by Gasteiger charge is 2.26. The van der Waals surface area contributed by atoms with Crippen LogP contribution in [0, 0.1) is 11.8 Å². The predicted octanol–water partition coefficient (Wildman–Crippen LogP) is 3.63. The molecule has 3 rings (SSSR count). The standard InChI is InChI=1S/C22H30N4O/c1-16(2)20(26-11-9-17(3)10-12-26)15-25-22(27)19-13-23-21(24-14-19)18-7-5-4-6-8-18/h4-8,13-14,16-17,20H,9-12,15H2,1-3H3,(H,25,27). The van der Waals surface area contributed by atoms with Gasteiger partial charge in [0.2, 0.25) is 0 Å². The van der Waals surface area contributed by atoms with Crippen molar-refractivity contribution in [2.75, 3.05) is 19.6 Å². The van der Waals surface area contributed by atoms with E-state index in [4.69, 9.17) is 0 Å². The lowest BCUT2D eigenvalue weighted by molar-refractivity contribution is 0.0862. The van der Waals surface area contributed by atoms with Crippen molar-refractivity contribution in [3.63, 3.8) is 0 Å². The molecule has 0 radical (unpaired) electrons. The van der Waals surface area contributed by atoms with Gasteiger partial charge in [-0.2, -0.15) is 0 Å². The minimum absolute atomic E-state index is 0.106. The number of carbonyl (C=O) groups excluding carboxylic acids is 1. The van der Waals surface area contributed by atoms with Gasteiger partial charge in [-0.05, 0) is 37.8 Å². The van der Waals surface area contributed by atoms with Crippen molar-refractivity contribution in [1.82, 2.24) is 20.2 Å². The van der Waals surface area contributed by atoms with Gasteiger partial charge in [-0.15, -0.1) is 0 Å². The Hall–Kier alpha value is -2.27. The summed E-state index contributed by atoms with van der Waals surface area (Å²) in [7, 11) is 0. The first-order valence-electron chi connectivity index (χ1n) is 9.94. The van der Waals surface area contributed by atoms with E-state index in [1.165, 1.54) is 12.8 Å². The molecule has 0 aliphatic carbocycles. The molecule has 1 amide bonds. The number of nitrogens with one attached hydrogen (secondary N) is 1. The van der Waals surface area contributed by atoms with Crippen LogP contribution >= 0.6 is 0 Å². The summed E-state index contributed by atoms with van der Waals surface area (Å²) in [6, 6.07) is 10.1. The molecule has 2 heterocycles. The fourth-order valence-corrected chi connectivity index (χ4v) is 3.63. The molecular weight excluding hydrogens is 336 g/mol. The van der Waals surface area contributed by atoms with Crippen LogP contribution in [-0.2, 0) is 0 Å². The van der Waals surface area contributed by atoms with Gasteiger partial charge in [-0.3, -0.25) is 9.69 Å². The Morgan fingerprint density at radius 3 is 2.37 bits per heavy atom. The smallest absolute Gasteiger partial charge is 0.254 e. The maximum atomic E-state index is 12.5. The van der Waals surface area contributed by atoms with E-state index in [1.54, 1.807) is 12.4 Å². The van der Waals surface area contributed by atoms with Gasteiger partial charge >= 0.3 is 0 Å². The van der Waals surface area contributed by atoms with E-state index in [2.05, 4.69) is 41.0 Å². The Morgan fingerprint density at radius 2 is 1.78 bits per heavy atom. The molecule has 2 aromatic rings. The molecule has 1 aromatic carbocycles. The number of aromatic nitrogens is 2. The summed E-state index contributed by atoms with van der Waals surface area (Å²) in [5, 5.41) is 3.09. The van der Waals surface area contributed by atoms with Crippen molar-refractivity contribution in [2.24, 2.45) is 11.8 Å². The van der Waals surface area contributed by atoms with E-state index in [1.807, 2.05) is 30.3 Å². The summed E-state index contributed by atoms with van der Waals surface area (Å²) in [6.07, 6.45) is 5.70. The van der Waals surface area contributed by atoms with Gasteiger partial charge in [0.15, 0.2) is 5.82 Å². The third kappa shape index (κ3) is 5.13. The topological polar surface area (TPSA) is 58.1 Å². The largest absolute Gasteiger partial charge is 0.350 e. The van der Waals surface area contributed by atoms with Crippen LogP contribution in [-0.4, -0.2) is 46.5 Å². The molecule has 144 valence electrons. The van der Waals surface area contributed by atoms with E-state index in [0.717, 1.165) is 24.6 Å². The minimum Gasteiger partial charge on any atom is -0.350 e. The van der Waals surface area contributed by atoms with Crippen LogP contribution in [0.4, 0.5) is 0 Å². The molecule has 1 aliphatic rings. The lowest BCUT2D eigenvalue weighted by atomic mass is 9.94. The van der Waals surface area contributed by atoms with E-state index < -0.39 is 0 Å². The molecule has 1 aliphatic heterocycles. The summed E-state index contributed by atoms with van der Waals surface area (Å²) < 4.78 is 0. The second-order valence-corrected chi connectivity index (χ2v) is 7.90. The molecular formula is C22H30N4O. The van der Waals surface area contributed by atoms with Crippen LogP contribution in [0.15, 0.2) is 42.7 Å². The molecule has 1 aromatic heterocycles. The SMILES string of the molecule is CC1CCN(C(CNC(=O)c2cnc(-c3ccccc3)nc2)C(C)C)CC1. The van der Waals surface area contributed by atoms with E-state index in [9.17, 15) is 4.79 Å². The molecule has 1 fully saturated rings. The first-order chi connectivity index (χ1) is 13.0. The van der Waals surface area contributed by atoms with Gasteiger partial charge < -0.3 is 5.32 Å². The first-order valence-corrected chi connectivity index (χ1v) is 9.94. The molecule has 1 atom stereocenters. The van der Waals surface area contributed by atoms with Gasteiger partial charge in [-0.1, -0.05) is 51.1 Å². The molecule has 5 heteroatoms. The van der Waals surface area contributed by atoms with Crippen molar-refractivity contribution in [3.8, 4) is 11.4 Å². The summed E-state index contributed by atoms with van der Waals surface area (Å²) >= 11 is 0. The Bertz CT molecular complexity index is 722. The second kappa shape index (κ2) is 9.09. The Kier molecular flexibility index (Phi) is 6.56. The molecule has 1 saturated heterocycles. The minimum atomic E-state index is -0.106. The fourth-order valence-electron chi connectivity index (χ4n) is 3.63. The van der Waals surface area contributed by atoms with Gasteiger partial charge in [0.05, 0.1) is 5.56 Å². The highest BCUT2D eigenvalue weighted by atomic mass is 16.1. The number of benzene rings is 1. The molecule has 0 saturated carbocycles. The second-order valence-electron chi connectivity index (χ2n) is 7.90. The van der Waals surface area contributed by atoms with Crippen LogP contribution in [0.5, 0.6) is 0 Å². The summed E-state index contributed by atoms with van der Waals surface area (Å²) in [4.78, 5) is 23.8. The quantitative estimate of drug-likeness (QED) is 0.848. The highest BCUT2D eigenvalue weighted by Crippen LogP contribution is 2.21. The third-order valence-electron chi connectivity index (χ3n) is 5.47. The van der Waals surface area contributed by atoms with Crippen LogP contribution in [0.3, 0.4) is 0 Å². The molecule has 0 spiro atoms.